The van der Waals surface area contributed by atoms with Gasteiger partial charge in [0.25, 0.3) is 0 Å². The Morgan fingerprint density at radius 1 is 0.633 bits per heavy atom. The molecule has 1 aliphatic rings. The molecule has 0 bridgehead atoms. The average molecular weight is 706 g/mol. The molecule has 1 aliphatic heterocycles. The van der Waals surface area contributed by atoms with Gasteiger partial charge in [0, 0.05) is 0 Å². The topological polar surface area (TPSA) is 189 Å². The summed E-state index contributed by atoms with van der Waals surface area (Å²) >= 11 is 0. The Hall–Kier alpha value is -0.890. The molecular formula is C38H75NO10. The van der Waals surface area contributed by atoms with Gasteiger partial charge in [-0.05, 0) is 12.8 Å². The molecular weight excluding hydrogens is 630 g/mol. The van der Waals surface area contributed by atoms with E-state index < -0.39 is 74.2 Å². The third-order valence-electron chi connectivity index (χ3n) is 9.91. The van der Waals surface area contributed by atoms with Crippen molar-refractivity contribution in [3.8, 4) is 0 Å². The second-order valence-electron chi connectivity index (χ2n) is 14.4. The van der Waals surface area contributed by atoms with Crippen molar-refractivity contribution in [3.05, 3.63) is 0 Å². The van der Waals surface area contributed by atoms with Crippen LogP contribution in [0.5, 0.6) is 0 Å². The molecule has 1 heterocycles. The Labute approximate surface area is 297 Å². The van der Waals surface area contributed by atoms with E-state index in [1.54, 1.807) is 0 Å². The lowest BCUT2D eigenvalue weighted by atomic mass is 9.98. The van der Waals surface area contributed by atoms with Gasteiger partial charge in [-0.25, -0.2) is 0 Å². The predicted octanol–water partition coefficient (Wildman–Crippen LogP) is 4.77. The van der Waals surface area contributed by atoms with Crippen LogP contribution in [0.15, 0.2) is 0 Å². The molecule has 292 valence electrons. The summed E-state index contributed by atoms with van der Waals surface area (Å²) in [5, 5.41) is 74.9. The average Bonchev–Trinajstić information content (AvgIpc) is 3.10. The molecule has 49 heavy (non-hydrogen) atoms. The Kier molecular flexibility index (Phi) is 27.9. The first-order chi connectivity index (χ1) is 23.7. The molecule has 0 radical (unpaired) electrons. The number of nitrogens with one attached hydrogen (secondary N) is 1. The van der Waals surface area contributed by atoms with Gasteiger partial charge in [0.2, 0.25) is 5.91 Å². The second-order valence-corrected chi connectivity index (χ2v) is 14.4. The number of carbonyl (C=O) groups is 1. The lowest BCUT2D eigenvalue weighted by molar-refractivity contribution is -0.303. The van der Waals surface area contributed by atoms with Gasteiger partial charge in [0.05, 0.1) is 25.4 Å². The summed E-state index contributed by atoms with van der Waals surface area (Å²) in [7, 11) is 0. The van der Waals surface area contributed by atoms with Crippen LogP contribution in [-0.4, -0.2) is 110 Å². The van der Waals surface area contributed by atoms with E-state index in [1.807, 2.05) is 0 Å². The van der Waals surface area contributed by atoms with Crippen LogP contribution in [0.1, 0.15) is 168 Å². The molecule has 0 spiro atoms. The molecule has 1 saturated heterocycles. The number of unbranched alkanes of at least 4 members (excludes halogenated alkanes) is 20. The fourth-order valence-electron chi connectivity index (χ4n) is 6.50. The van der Waals surface area contributed by atoms with Crippen LogP contribution in [0.25, 0.3) is 0 Å². The number of carbonyl (C=O) groups excluding carboxylic acids is 1. The highest BCUT2D eigenvalue weighted by molar-refractivity contribution is 5.80. The normalized spacial score (nSPS) is 23.7. The first-order valence-electron chi connectivity index (χ1n) is 19.9. The van der Waals surface area contributed by atoms with Crippen molar-refractivity contribution in [2.75, 3.05) is 13.2 Å². The van der Waals surface area contributed by atoms with Crippen molar-refractivity contribution in [2.45, 2.75) is 223 Å². The summed E-state index contributed by atoms with van der Waals surface area (Å²) in [6, 6.07) is -1.16. The number of ether oxygens (including phenoxy) is 2. The lowest BCUT2D eigenvalue weighted by Crippen LogP contribution is -2.60. The smallest absolute Gasteiger partial charge is 0.249 e. The third kappa shape index (κ3) is 20.7. The SMILES string of the molecule is CCCCCCCCCCCCCCCCCCC(O)C(=O)NC(COC1OC(CO)C(O)C(O)C1O)C(O)C(O)CCCCCCCC. The molecule has 1 rings (SSSR count). The fourth-order valence-corrected chi connectivity index (χ4v) is 6.50. The minimum Gasteiger partial charge on any atom is -0.394 e. The van der Waals surface area contributed by atoms with Gasteiger partial charge in [-0.1, -0.05) is 155 Å². The maximum Gasteiger partial charge on any atom is 0.249 e. The maximum atomic E-state index is 12.9. The first-order valence-corrected chi connectivity index (χ1v) is 19.9. The quantitative estimate of drug-likeness (QED) is 0.0453. The lowest BCUT2D eigenvalue weighted by Gasteiger charge is -2.40. The van der Waals surface area contributed by atoms with Crippen molar-refractivity contribution in [3.63, 3.8) is 0 Å². The van der Waals surface area contributed by atoms with Gasteiger partial charge in [-0.15, -0.1) is 0 Å². The summed E-state index contributed by atoms with van der Waals surface area (Å²) in [6.45, 7) is 3.34. The van der Waals surface area contributed by atoms with Gasteiger partial charge in [0.1, 0.15) is 36.6 Å². The molecule has 11 heteroatoms. The monoisotopic (exact) mass is 706 g/mol. The maximum absolute atomic E-state index is 12.9. The van der Waals surface area contributed by atoms with Crippen molar-refractivity contribution < 1.29 is 50.0 Å². The third-order valence-corrected chi connectivity index (χ3v) is 9.91. The Morgan fingerprint density at radius 2 is 1.06 bits per heavy atom. The Balaban J connectivity index is 2.45. The minimum absolute atomic E-state index is 0.265. The van der Waals surface area contributed by atoms with Crippen LogP contribution in [0.4, 0.5) is 0 Å². The van der Waals surface area contributed by atoms with Gasteiger partial charge in [-0.2, -0.15) is 0 Å². The number of amides is 1. The largest absolute Gasteiger partial charge is 0.394 e. The summed E-state index contributed by atoms with van der Waals surface area (Å²) in [6.07, 6.45) is 14.9. The number of rotatable bonds is 32. The first kappa shape index (κ1) is 46.1. The Bertz CT molecular complexity index is 775. The molecule has 8 N–H and O–H groups in total. The van der Waals surface area contributed by atoms with E-state index in [4.69, 9.17) is 9.47 Å². The van der Waals surface area contributed by atoms with Crippen LogP contribution in [0, 0.1) is 0 Å². The van der Waals surface area contributed by atoms with Gasteiger partial charge < -0.3 is 50.5 Å². The number of hydrogen-bond donors (Lipinski definition) is 8. The summed E-state index contributed by atoms with van der Waals surface area (Å²) in [4.78, 5) is 12.9. The van der Waals surface area contributed by atoms with Crippen LogP contribution < -0.4 is 5.32 Å². The highest BCUT2D eigenvalue weighted by atomic mass is 16.7. The minimum atomic E-state index is -1.65. The summed E-state index contributed by atoms with van der Waals surface area (Å²) in [5.74, 6) is -0.700. The predicted molar refractivity (Wildman–Crippen MR) is 192 cm³/mol. The number of hydrogen-bond acceptors (Lipinski definition) is 10. The molecule has 0 aromatic carbocycles. The van der Waals surface area contributed by atoms with Gasteiger partial charge in [-0.3, -0.25) is 4.79 Å². The van der Waals surface area contributed by atoms with Crippen molar-refractivity contribution in [1.82, 2.24) is 5.32 Å². The number of aliphatic hydroxyl groups is 7. The molecule has 0 aromatic heterocycles. The van der Waals surface area contributed by atoms with Crippen LogP contribution >= 0.6 is 0 Å². The van der Waals surface area contributed by atoms with Gasteiger partial charge in [0.15, 0.2) is 6.29 Å². The number of aliphatic hydroxyl groups excluding tert-OH is 7. The van der Waals surface area contributed by atoms with E-state index in [9.17, 15) is 40.5 Å². The zero-order valence-electron chi connectivity index (χ0n) is 30.9. The van der Waals surface area contributed by atoms with E-state index in [1.165, 1.54) is 77.0 Å². The van der Waals surface area contributed by atoms with Gasteiger partial charge >= 0.3 is 0 Å². The zero-order chi connectivity index (χ0) is 36.3. The van der Waals surface area contributed by atoms with E-state index >= 15 is 0 Å². The zero-order valence-corrected chi connectivity index (χ0v) is 30.9. The molecule has 0 aromatic rings. The van der Waals surface area contributed by atoms with Crippen molar-refractivity contribution in [2.24, 2.45) is 0 Å². The highest BCUT2D eigenvalue weighted by Gasteiger charge is 2.44. The summed E-state index contributed by atoms with van der Waals surface area (Å²) in [5.41, 5.74) is 0. The molecule has 0 aliphatic carbocycles. The second kappa shape index (κ2) is 29.7. The van der Waals surface area contributed by atoms with Crippen molar-refractivity contribution >= 4 is 5.91 Å². The molecule has 0 saturated carbocycles. The molecule has 9 atom stereocenters. The van der Waals surface area contributed by atoms with E-state index in [2.05, 4.69) is 19.2 Å². The molecule has 1 amide bonds. The molecule has 11 nitrogen and oxygen atoms in total. The summed E-state index contributed by atoms with van der Waals surface area (Å²) < 4.78 is 11.0. The van der Waals surface area contributed by atoms with E-state index in [0.29, 0.717) is 19.3 Å². The van der Waals surface area contributed by atoms with E-state index in [-0.39, 0.29) is 6.42 Å². The van der Waals surface area contributed by atoms with Crippen LogP contribution in [0.3, 0.4) is 0 Å². The molecule has 9 unspecified atom stereocenters. The van der Waals surface area contributed by atoms with E-state index in [0.717, 1.165) is 51.4 Å². The standard InChI is InChI=1S/C38H75NO10/c1-3-5-7-9-11-12-13-14-15-16-17-18-19-20-22-24-26-31(42)37(47)39-29(33(43)30(41)25-23-21-10-8-6-4-2)28-48-38-36(46)35(45)34(44)32(27-40)49-38/h29-36,38,40-46H,3-28H2,1-2H3,(H,39,47). The highest BCUT2D eigenvalue weighted by Crippen LogP contribution is 2.23. The molecule has 1 fully saturated rings. The Morgan fingerprint density at radius 3 is 1.51 bits per heavy atom. The van der Waals surface area contributed by atoms with Crippen LogP contribution in [-0.2, 0) is 14.3 Å². The van der Waals surface area contributed by atoms with Crippen LogP contribution in [0.2, 0.25) is 0 Å². The van der Waals surface area contributed by atoms with Crippen molar-refractivity contribution in [1.29, 1.82) is 0 Å². The fraction of sp³-hybridized carbons (Fsp3) is 0.974.